The molecule has 0 unspecified atom stereocenters. The van der Waals surface area contributed by atoms with Crippen LogP contribution >= 0.6 is 0 Å². The largest absolute Gasteiger partial charge is 0.369 e. The lowest BCUT2D eigenvalue weighted by Gasteiger charge is -2.32. The first kappa shape index (κ1) is 20.8. The molecule has 2 aromatic heterocycles. The third kappa shape index (κ3) is 4.58. The smallest absolute Gasteiger partial charge is 0.251 e. The molecule has 1 atom stereocenters. The fourth-order valence-electron chi connectivity index (χ4n) is 4.89. The molecular weight excluding hydrogens is 405 g/mol. The molecule has 2 saturated heterocycles. The van der Waals surface area contributed by atoms with E-state index in [1.54, 1.807) is 24.5 Å². The Morgan fingerprint density at radius 3 is 2.62 bits per heavy atom. The molecule has 5 rings (SSSR count). The molecule has 0 aliphatic carbocycles. The van der Waals surface area contributed by atoms with Gasteiger partial charge in [0.1, 0.15) is 11.6 Å². The number of nitrogens with one attached hydrogen (secondary N) is 1. The highest BCUT2D eigenvalue weighted by Crippen LogP contribution is 2.29. The van der Waals surface area contributed by atoms with Crippen molar-refractivity contribution in [3.63, 3.8) is 0 Å². The van der Waals surface area contributed by atoms with Gasteiger partial charge in [0.2, 0.25) is 0 Å². The maximum atomic E-state index is 14.7. The SMILES string of the molecule is O=c1cc([C@@H]2CCCN(Cc3ccc(N4CCCC4)c(F)c3)C2)nc(-c2ccncc2)[nH]1. The Morgan fingerprint density at radius 1 is 1.03 bits per heavy atom. The van der Waals surface area contributed by atoms with Gasteiger partial charge in [0.15, 0.2) is 0 Å². The molecule has 6 nitrogen and oxygen atoms in total. The second-order valence-electron chi connectivity index (χ2n) is 8.81. The monoisotopic (exact) mass is 433 g/mol. The summed E-state index contributed by atoms with van der Waals surface area (Å²) in [5.74, 6) is 0.628. The van der Waals surface area contributed by atoms with E-state index in [0.717, 1.165) is 74.4 Å². The Morgan fingerprint density at radius 2 is 1.84 bits per heavy atom. The van der Waals surface area contributed by atoms with E-state index in [0.29, 0.717) is 12.4 Å². The molecule has 1 N–H and O–H groups in total. The summed E-state index contributed by atoms with van der Waals surface area (Å²) in [7, 11) is 0. The quantitative estimate of drug-likeness (QED) is 0.660. The summed E-state index contributed by atoms with van der Waals surface area (Å²) in [5.41, 5.74) is 3.24. The van der Waals surface area contributed by atoms with Gasteiger partial charge in [-0.1, -0.05) is 6.07 Å². The van der Waals surface area contributed by atoms with Crippen molar-refractivity contribution in [1.82, 2.24) is 19.9 Å². The number of H-pyrrole nitrogens is 1. The van der Waals surface area contributed by atoms with Crippen molar-refractivity contribution in [3.8, 4) is 11.4 Å². The molecule has 166 valence electrons. The van der Waals surface area contributed by atoms with Crippen molar-refractivity contribution in [3.05, 3.63) is 76.2 Å². The molecule has 0 saturated carbocycles. The minimum Gasteiger partial charge on any atom is -0.369 e. The number of anilines is 1. The lowest BCUT2D eigenvalue weighted by atomic mass is 9.94. The number of halogens is 1. The van der Waals surface area contributed by atoms with Crippen molar-refractivity contribution in [2.24, 2.45) is 0 Å². The molecule has 2 fully saturated rings. The second kappa shape index (κ2) is 9.20. The van der Waals surface area contributed by atoms with Crippen LogP contribution in [0.5, 0.6) is 0 Å². The molecule has 1 aromatic carbocycles. The lowest BCUT2D eigenvalue weighted by Crippen LogP contribution is -2.34. The highest BCUT2D eigenvalue weighted by molar-refractivity contribution is 5.53. The van der Waals surface area contributed by atoms with E-state index in [1.807, 2.05) is 24.3 Å². The molecule has 4 heterocycles. The number of nitrogens with zero attached hydrogens (tertiary/aromatic N) is 4. The molecule has 0 radical (unpaired) electrons. The average molecular weight is 434 g/mol. The Labute approximate surface area is 187 Å². The molecule has 2 aliphatic heterocycles. The van der Waals surface area contributed by atoms with Crippen molar-refractivity contribution in [2.45, 2.75) is 38.1 Å². The summed E-state index contributed by atoms with van der Waals surface area (Å²) in [5, 5.41) is 0. The van der Waals surface area contributed by atoms with Gasteiger partial charge >= 0.3 is 0 Å². The van der Waals surface area contributed by atoms with Crippen molar-refractivity contribution >= 4 is 5.69 Å². The Bertz CT molecular complexity index is 1130. The molecular formula is C25H28FN5O. The Hall–Kier alpha value is -3.06. The van der Waals surface area contributed by atoms with E-state index in [9.17, 15) is 9.18 Å². The molecule has 0 amide bonds. The molecule has 0 spiro atoms. The fraction of sp³-hybridized carbons (Fsp3) is 0.400. The number of benzene rings is 1. The van der Waals surface area contributed by atoms with Gasteiger partial charge in [-0.25, -0.2) is 9.37 Å². The summed E-state index contributed by atoms with van der Waals surface area (Å²) in [6, 6.07) is 11.0. The van der Waals surface area contributed by atoms with E-state index in [2.05, 4.69) is 19.8 Å². The molecule has 32 heavy (non-hydrogen) atoms. The number of rotatable bonds is 5. The number of hydrogen-bond donors (Lipinski definition) is 1. The standard InChI is InChI=1S/C25H28FN5O/c26-21-14-18(5-6-23(21)31-12-1-2-13-31)16-30-11-3-4-20(17-30)22-15-24(32)29-25(28-22)19-7-9-27-10-8-19/h5-10,14-15,20H,1-4,11-13,16-17H2,(H,28,29,32)/t20-/m1/s1. The van der Waals surface area contributed by atoms with Gasteiger partial charge in [0.05, 0.1) is 11.4 Å². The van der Waals surface area contributed by atoms with Crippen LogP contribution < -0.4 is 10.5 Å². The summed E-state index contributed by atoms with van der Waals surface area (Å²) < 4.78 is 14.7. The zero-order valence-corrected chi connectivity index (χ0v) is 18.1. The number of aromatic amines is 1. The predicted molar refractivity (Wildman–Crippen MR) is 123 cm³/mol. The number of hydrogen-bond acceptors (Lipinski definition) is 5. The van der Waals surface area contributed by atoms with Crippen molar-refractivity contribution < 1.29 is 4.39 Å². The zero-order valence-electron chi connectivity index (χ0n) is 18.1. The summed E-state index contributed by atoms with van der Waals surface area (Å²) >= 11 is 0. The minimum atomic E-state index is -0.140. The van der Waals surface area contributed by atoms with Gasteiger partial charge in [-0.05, 0) is 62.1 Å². The highest BCUT2D eigenvalue weighted by Gasteiger charge is 2.24. The summed E-state index contributed by atoms with van der Waals surface area (Å²) in [6.07, 6.45) is 7.67. The number of aromatic nitrogens is 3. The van der Waals surface area contributed by atoms with E-state index >= 15 is 0 Å². The van der Waals surface area contributed by atoms with Gasteiger partial charge in [0, 0.05) is 56.1 Å². The van der Waals surface area contributed by atoms with Crippen LogP contribution in [0.4, 0.5) is 10.1 Å². The molecule has 3 aromatic rings. The fourth-order valence-corrected chi connectivity index (χ4v) is 4.89. The van der Waals surface area contributed by atoms with Crippen LogP contribution in [-0.4, -0.2) is 46.0 Å². The third-order valence-electron chi connectivity index (χ3n) is 6.50. The highest BCUT2D eigenvalue weighted by atomic mass is 19.1. The van der Waals surface area contributed by atoms with Crippen molar-refractivity contribution in [2.75, 3.05) is 31.1 Å². The topological polar surface area (TPSA) is 65.1 Å². The van der Waals surface area contributed by atoms with Gasteiger partial charge < -0.3 is 9.88 Å². The maximum absolute atomic E-state index is 14.7. The zero-order chi connectivity index (χ0) is 21.9. The van der Waals surface area contributed by atoms with Gasteiger partial charge in [-0.2, -0.15) is 0 Å². The van der Waals surface area contributed by atoms with Crippen LogP contribution in [0.25, 0.3) is 11.4 Å². The van der Waals surface area contributed by atoms with Crippen LogP contribution in [0.3, 0.4) is 0 Å². The van der Waals surface area contributed by atoms with Gasteiger partial charge in [-0.15, -0.1) is 0 Å². The van der Waals surface area contributed by atoms with Crippen molar-refractivity contribution in [1.29, 1.82) is 0 Å². The lowest BCUT2D eigenvalue weighted by molar-refractivity contribution is 0.198. The summed E-state index contributed by atoms with van der Waals surface area (Å²) in [4.78, 5) is 28.4. The maximum Gasteiger partial charge on any atom is 0.251 e. The van der Waals surface area contributed by atoms with Crippen LogP contribution in [0.15, 0.2) is 53.6 Å². The number of likely N-dealkylation sites (tertiary alicyclic amines) is 1. The summed E-state index contributed by atoms with van der Waals surface area (Å²) in [6.45, 7) is 4.35. The van der Waals surface area contributed by atoms with Crippen LogP contribution in [0, 0.1) is 5.82 Å². The van der Waals surface area contributed by atoms with E-state index in [-0.39, 0.29) is 17.3 Å². The number of piperidine rings is 1. The Kier molecular flexibility index (Phi) is 5.99. The van der Waals surface area contributed by atoms with Crippen LogP contribution in [0.1, 0.15) is 42.9 Å². The normalized spacial score (nSPS) is 19.4. The first-order valence-electron chi connectivity index (χ1n) is 11.4. The number of pyridine rings is 1. The van der Waals surface area contributed by atoms with Gasteiger partial charge in [0.25, 0.3) is 5.56 Å². The van der Waals surface area contributed by atoms with Crippen LogP contribution in [-0.2, 0) is 6.54 Å². The predicted octanol–water partition coefficient (Wildman–Crippen LogP) is 3.95. The minimum absolute atomic E-state index is 0.129. The molecule has 7 heteroatoms. The second-order valence-corrected chi connectivity index (χ2v) is 8.81. The Balaban J connectivity index is 1.30. The first-order valence-corrected chi connectivity index (χ1v) is 11.4. The van der Waals surface area contributed by atoms with Crippen LogP contribution in [0.2, 0.25) is 0 Å². The molecule has 0 bridgehead atoms. The van der Waals surface area contributed by atoms with Gasteiger partial charge in [-0.3, -0.25) is 14.7 Å². The van der Waals surface area contributed by atoms with E-state index in [1.165, 1.54) is 0 Å². The average Bonchev–Trinajstić information content (AvgIpc) is 3.34. The van der Waals surface area contributed by atoms with E-state index in [4.69, 9.17) is 4.98 Å². The molecule has 2 aliphatic rings. The first-order chi connectivity index (χ1) is 15.7. The van der Waals surface area contributed by atoms with E-state index < -0.39 is 0 Å². The third-order valence-corrected chi connectivity index (χ3v) is 6.50.